The van der Waals surface area contributed by atoms with Crippen molar-refractivity contribution in [1.82, 2.24) is 24.5 Å². The molecule has 3 amide bonds. The molecule has 3 unspecified atom stereocenters. The van der Waals surface area contributed by atoms with E-state index in [1.165, 1.54) is 6.07 Å². The molecule has 3 aliphatic rings. The van der Waals surface area contributed by atoms with Gasteiger partial charge < -0.3 is 19.4 Å². The molecule has 14 heteroatoms. The van der Waals surface area contributed by atoms with Crippen LogP contribution in [0.1, 0.15) is 47.7 Å². The number of amides is 3. The second-order valence-electron chi connectivity index (χ2n) is 13.2. The molecule has 0 bridgehead atoms. The fraction of sp³-hybridized carbons (Fsp3) is 0.432. The number of likely N-dealkylation sites (tertiary alicyclic amines) is 1. The third-order valence-electron chi connectivity index (χ3n) is 9.82. The fourth-order valence-electron chi connectivity index (χ4n) is 7.03. The maximum atomic E-state index is 14.8. The van der Waals surface area contributed by atoms with Crippen LogP contribution < -0.4 is 4.74 Å². The van der Waals surface area contributed by atoms with Crippen molar-refractivity contribution in [2.24, 2.45) is 4.99 Å². The van der Waals surface area contributed by atoms with Gasteiger partial charge in [-0.05, 0) is 87.6 Å². The number of likely N-dealkylation sites (N-methyl/N-ethyl adjacent to an activating group) is 2. The van der Waals surface area contributed by atoms with Gasteiger partial charge in [-0.1, -0.05) is 47.5 Å². The SMILES string of the molecule is CCOc1cc(C(F)(F)F)ccc1C1=NC(c2ccc(Cl)cc2)C(c2ccc(Cl)cc2)N1C(=O)N1CCN(C(=O)CN(C)C2CCN(C)C2)CC1. The van der Waals surface area contributed by atoms with Crippen LogP contribution in [0.2, 0.25) is 10.0 Å². The van der Waals surface area contributed by atoms with Crippen molar-refractivity contribution in [2.45, 2.75) is 37.6 Å². The molecular weight excluding hydrogens is 704 g/mol. The molecule has 51 heavy (non-hydrogen) atoms. The van der Waals surface area contributed by atoms with E-state index in [0.717, 1.165) is 42.8 Å². The van der Waals surface area contributed by atoms with Gasteiger partial charge in [0, 0.05) is 48.8 Å². The number of amidine groups is 1. The zero-order chi connectivity index (χ0) is 36.4. The minimum Gasteiger partial charge on any atom is -0.493 e. The van der Waals surface area contributed by atoms with Gasteiger partial charge in [-0.25, -0.2) is 4.79 Å². The maximum Gasteiger partial charge on any atom is 0.416 e. The van der Waals surface area contributed by atoms with Crippen LogP contribution in [0.5, 0.6) is 5.75 Å². The normalized spacial score (nSPS) is 21.4. The van der Waals surface area contributed by atoms with E-state index in [1.54, 1.807) is 45.9 Å². The Morgan fingerprint density at radius 2 is 1.51 bits per heavy atom. The van der Waals surface area contributed by atoms with Crippen LogP contribution in [-0.2, 0) is 11.0 Å². The Hall–Kier alpha value is -3.84. The van der Waals surface area contributed by atoms with E-state index >= 15 is 0 Å². The molecule has 3 aromatic rings. The van der Waals surface area contributed by atoms with Crippen molar-refractivity contribution in [2.75, 3.05) is 66.5 Å². The Morgan fingerprint density at radius 3 is 2.08 bits per heavy atom. The summed E-state index contributed by atoms with van der Waals surface area (Å²) in [5.41, 5.74) is 0.861. The lowest BCUT2D eigenvalue weighted by Crippen LogP contribution is -2.56. The molecule has 0 N–H and O–H groups in total. The number of urea groups is 1. The number of ether oxygens (including phenoxy) is 1. The summed E-state index contributed by atoms with van der Waals surface area (Å²) in [6.07, 6.45) is -3.59. The first-order valence-electron chi connectivity index (χ1n) is 17.0. The molecule has 6 rings (SSSR count). The van der Waals surface area contributed by atoms with Crippen LogP contribution in [0.3, 0.4) is 0 Å². The standard InChI is InChI=1S/C37H41Cl2F3N6O3/c1-4-51-31-21-26(37(40,41)42)9-14-30(31)35-43-33(24-5-10-27(38)11-6-24)34(25-7-12-28(39)13-8-25)48(35)36(50)47-19-17-46(18-20-47)32(49)23-45(3)29-15-16-44(2)22-29/h5-14,21,29,33-34H,4,15-20,22-23H2,1-3H3. The molecule has 0 aliphatic carbocycles. The van der Waals surface area contributed by atoms with Crippen molar-refractivity contribution < 1.29 is 27.5 Å². The van der Waals surface area contributed by atoms with E-state index in [1.807, 2.05) is 31.3 Å². The number of piperazine rings is 1. The number of benzene rings is 3. The fourth-order valence-corrected chi connectivity index (χ4v) is 7.28. The van der Waals surface area contributed by atoms with Crippen LogP contribution in [0.15, 0.2) is 71.7 Å². The summed E-state index contributed by atoms with van der Waals surface area (Å²) >= 11 is 12.5. The average molecular weight is 746 g/mol. The Morgan fingerprint density at radius 1 is 0.902 bits per heavy atom. The topological polar surface area (TPSA) is 71.9 Å². The number of carbonyl (C=O) groups excluding carboxylic acids is 2. The highest BCUT2D eigenvalue weighted by molar-refractivity contribution is 6.30. The number of nitrogens with zero attached hydrogens (tertiary/aromatic N) is 6. The minimum atomic E-state index is -4.60. The molecule has 3 atom stereocenters. The molecule has 0 saturated carbocycles. The Kier molecular flexibility index (Phi) is 11.2. The quantitative estimate of drug-likeness (QED) is 0.252. The molecule has 0 aromatic heterocycles. The average Bonchev–Trinajstić information content (AvgIpc) is 3.73. The molecule has 3 heterocycles. The number of alkyl halides is 3. The Balaban J connectivity index is 1.34. The molecule has 2 fully saturated rings. The first-order chi connectivity index (χ1) is 24.3. The van der Waals surface area contributed by atoms with Crippen LogP contribution in [0.25, 0.3) is 0 Å². The van der Waals surface area contributed by atoms with Gasteiger partial charge in [0.2, 0.25) is 5.91 Å². The van der Waals surface area contributed by atoms with Crippen LogP contribution in [0.4, 0.5) is 18.0 Å². The molecule has 3 aliphatic heterocycles. The number of rotatable bonds is 8. The van der Waals surface area contributed by atoms with Gasteiger partial charge >= 0.3 is 12.2 Å². The van der Waals surface area contributed by atoms with E-state index in [0.29, 0.717) is 35.7 Å². The molecule has 0 spiro atoms. The van der Waals surface area contributed by atoms with Gasteiger partial charge in [0.1, 0.15) is 17.6 Å². The Bertz CT molecular complexity index is 1750. The number of halogens is 5. The number of aliphatic imine (C=N–C) groups is 1. The summed E-state index contributed by atoms with van der Waals surface area (Å²) in [6, 6.07) is 16.0. The lowest BCUT2D eigenvalue weighted by Gasteiger charge is -2.39. The molecule has 0 radical (unpaired) electrons. The largest absolute Gasteiger partial charge is 0.493 e. The predicted molar refractivity (Wildman–Crippen MR) is 191 cm³/mol. The number of hydrogen-bond acceptors (Lipinski definition) is 6. The van der Waals surface area contributed by atoms with Crippen molar-refractivity contribution >= 4 is 41.0 Å². The van der Waals surface area contributed by atoms with Gasteiger partial charge in [-0.2, -0.15) is 13.2 Å². The van der Waals surface area contributed by atoms with Crippen LogP contribution in [-0.4, -0.2) is 115 Å². The van der Waals surface area contributed by atoms with Gasteiger partial charge in [0.15, 0.2) is 0 Å². The lowest BCUT2D eigenvalue weighted by molar-refractivity contribution is -0.137. The van der Waals surface area contributed by atoms with Crippen molar-refractivity contribution in [3.8, 4) is 5.75 Å². The summed E-state index contributed by atoms with van der Waals surface area (Å²) in [6.45, 7) is 5.23. The van der Waals surface area contributed by atoms with Gasteiger partial charge in [0.25, 0.3) is 0 Å². The zero-order valence-corrected chi connectivity index (χ0v) is 30.3. The minimum absolute atomic E-state index is 0.00975. The monoisotopic (exact) mass is 744 g/mol. The lowest BCUT2D eigenvalue weighted by atomic mass is 9.93. The zero-order valence-electron chi connectivity index (χ0n) is 28.7. The third kappa shape index (κ3) is 8.14. The van der Waals surface area contributed by atoms with Crippen LogP contribution >= 0.6 is 23.2 Å². The highest BCUT2D eigenvalue weighted by Gasteiger charge is 2.45. The first-order valence-corrected chi connectivity index (χ1v) is 17.8. The first kappa shape index (κ1) is 36.9. The molecule has 2 saturated heterocycles. The second-order valence-corrected chi connectivity index (χ2v) is 14.1. The van der Waals surface area contributed by atoms with Crippen molar-refractivity contribution in [1.29, 1.82) is 0 Å². The maximum absolute atomic E-state index is 14.8. The van der Waals surface area contributed by atoms with E-state index in [2.05, 4.69) is 16.8 Å². The van der Waals surface area contributed by atoms with E-state index in [-0.39, 0.29) is 48.8 Å². The molecule has 272 valence electrons. The summed E-state index contributed by atoms with van der Waals surface area (Å²) in [4.78, 5) is 42.6. The van der Waals surface area contributed by atoms with Crippen molar-refractivity contribution in [3.63, 3.8) is 0 Å². The molecular formula is C37H41Cl2F3N6O3. The molecule has 3 aromatic carbocycles. The highest BCUT2D eigenvalue weighted by atomic mass is 35.5. The molecule has 9 nitrogen and oxygen atoms in total. The summed E-state index contributed by atoms with van der Waals surface area (Å²) in [5, 5.41) is 1.03. The second kappa shape index (κ2) is 15.4. The summed E-state index contributed by atoms with van der Waals surface area (Å²) in [7, 11) is 4.05. The van der Waals surface area contributed by atoms with Gasteiger partial charge in [-0.3, -0.25) is 19.6 Å². The number of hydrogen-bond donors (Lipinski definition) is 0. The smallest absolute Gasteiger partial charge is 0.416 e. The van der Waals surface area contributed by atoms with Crippen LogP contribution in [0, 0.1) is 0 Å². The predicted octanol–water partition coefficient (Wildman–Crippen LogP) is 6.86. The number of carbonyl (C=O) groups is 2. The van der Waals surface area contributed by atoms with E-state index < -0.39 is 23.8 Å². The van der Waals surface area contributed by atoms with Gasteiger partial charge in [0.05, 0.1) is 30.3 Å². The highest BCUT2D eigenvalue weighted by Crippen LogP contribution is 2.46. The van der Waals surface area contributed by atoms with Gasteiger partial charge in [-0.15, -0.1) is 0 Å². The van der Waals surface area contributed by atoms with E-state index in [9.17, 15) is 22.8 Å². The van der Waals surface area contributed by atoms with E-state index in [4.69, 9.17) is 32.9 Å². The Labute approximate surface area is 306 Å². The summed E-state index contributed by atoms with van der Waals surface area (Å²) < 4.78 is 47.3. The summed E-state index contributed by atoms with van der Waals surface area (Å²) in [5.74, 6) is 0.151. The third-order valence-corrected chi connectivity index (χ3v) is 10.3. The van der Waals surface area contributed by atoms with Crippen molar-refractivity contribution in [3.05, 3.63) is 99.0 Å².